The van der Waals surface area contributed by atoms with Gasteiger partial charge in [0.15, 0.2) is 0 Å². The highest BCUT2D eigenvalue weighted by atomic mass is 16.5. The SMILES string of the molecule is COc1ccc(CC[C@H]2CCCN(C(=O)c3cccnc3OC)C2)cc1. The number of rotatable bonds is 6. The van der Waals surface area contributed by atoms with E-state index >= 15 is 0 Å². The van der Waals surface area contributed by atoms with Crippen molar-refractivity contribution < 1.29 is 14.3 Å². The summed E-state index contributed by atoms with van der Waals surface area (Å²) in [6, 6.07) is 11.8. The fourth-order valence-corrected chi connectivity index (χ4v) is 3.53. The molecule has 2 heterocycles. The molecule has 0 radical (unpaired) electrons. The molecule has 2 aromatic rings. The molecular weight excluding hydrogens is 328 g/mol. The van der Waals surface area contributed by atoms with Gasteiger partial charge in [0.25, 0.3) is 5.91 Å². The zero-order valence-corrected chi connectivity index (χ0v) is 15.5. The predicted molar refractivity (Wildman–Crippen MR) is 101 cm³/mol. The first-order chi connectivity index (χ1) is 12.7. The Morgan fingerprint density at radius 3 is 2.73 bits per heavy atom. The third kappa shape index (κ3) is 4.34. The highest BCUT2D eigenvalue weighted by Gasteiger charge is 2.26. The molecule has 1 aromatic carbocycles. The van der Waals surface area contributed by atoms with Crippen LogP contribution in [0.15, 0.2) is 42.6 Å². The number of carbonyl (C=O) groups is 1. The standard InChI is InChI=1S/C21H26N2O3/c1-25-18-11-9-16(10-12-18)7-8-17-5-4-14-23(15-17)21(24)19-6-3-13-22-20(19)26-2/h3,6,9-13,17H,4-5,7-8,14-15H2,1-2H3/t17-/m1/s1. The number of benzene rings is 1. The van der Waals surface area contributed by atoms with E-state index in [4.69, 9.17) is 9.47 Å². The Kier molecular flexibility index (Phi) is 6.10. The van der Waals surface area contributed by atoms with Crippen molar-refractivity contribution in [2.24, 2.45) is 5.92 Å². The van der Waals surface area contributed by atoms with E-state index in [2.05, 4.69) is 17.1 Å². The molecule has 26 heavy (non-hydrogen) atoms. The van der Waals surface area contributed by atoms with Crippen LogP contribution in [0.5, 0.6) is 11.6 Å². The third-order valence-corrected chi connectivity index (χ3v) is 5.00. The quantitative estimate of drug-likeness (QED) is 0.796. The molecule has 0 unspecified atom stereocenters. The normalized spacial score (nSPS) is 17.0. The fourth-order valence-electron chi connectivity index (χ4n) is 3.53. The Balaban J connectivity index is 1.59. The summed E-state index contributed by atoms with van der Waals surface area (Å²) < 4.78 is 10.4. The molecule has 1 atom stereocenters. The van der Waals surface area contributed by atoms with E-state index in [0.717, 1.165) is 38.1 Å². The van der Waals surface area contributed by atoms with Gasteiger partial charge >= 0.3 is 0 Å². The maximum Gasteiger partial charge on any atom is 0.259 e. The first-order valence-corrected chi connectivity index (χ1v) is 9.12. The van der Waals surface area contributed by atoms with Gasteiger partial charge in [0.2, 0.25) is 5.88 Å². The largest absolute Gasteiger partial charge is 0.497 e. The van der Waals surface area contributed by atoms with Crippen LogP contribution in [0.25, 0.3) is 0 Å². The van der Waals surface area contributed by atoms with Gasteiger partial charge in [-0.25, -0.2) is 4.98 Å². The maximum atomic E-state index is 12.9. The highest BCUT2D eigenvalue weighted by Crippen LogP contribution is 2.25. The van der Waals surface area contributed by atoms with Gasteiger partial charge in [-0.05, 0) is 61.4 Å². The van der Waals surface area contributed by atoms with Crippen LogP contribution >= 0.6 is 0 Å². The Hall–Kier alpha value is -2.56. The van der Waals surface area contributed by atoms with E-state index in [-0.39, 0.29) is 5.91 Å². The van der Waals surface area contributed by atoms with Crippen LogP contribution in [0.4, 0.5) is 0 Å². The summed E-state index contributed by atoms with van der Waals surface area (Å²) in [4.78, 5) is 19.0. The average Bonchev–Trinajstić information content (AvgIpc) is 2.72. The number of pyridine rings is 1. The summed E-state index contributed by atoms with van der Waals surface area (Å²) in [6.07, 6.45) is 5.96. The van der Waals surface area contributed by atoms with Gasteiger partial charge in [0.1, 0.15) is 11.3 Å². The molecule has 1 aliphatic rings. The lowest BCUT2D eigenvalue weighted by Crippen LogP contribution is -2.40. The van der Waals surface area contributed by atoms with Gasteiger partial charge in [-0.3, -0.25) is 4.79 Å². The van der Waals surface area contributed by atoms with Crippen LogP contribution in [-0.4, -0.2) is 43.1 Å². The number of amides is 1. The van der Waals surface area contributed by atoms with E-state index in [1.807, 2.05) is 17.0 Å². The lowest BCUT2D eigenvalue weighted by molar-refractivity contribution is 0.0664. The van der Waals surface area contributed by atoms with Crippen LogP contribution in [0.3, 0.4) is 0 Å². The fraction of sp³-hybridized carbons (Fsp3) is 0.429. The van der Waals surface area contributed by atoms with E-state index in [1.165, 1.54) is 12.0 Å². The number of nitrogens with zero attached hydrogens (tertiary/aromatic N) is 2. The van der Waals surface area contributed by atoms with Gasteiger partial charge in [0.05, 0.1) is 14.2 Å². The predicted octanol–water partition coefficient (Wildman–Crippen LogP) is 3.58. The molecule has 5 nitrogen and oxygen atoms in total. The molecule has 138 valence electrons. The van der Waals surface area contributed by atoms with Gasteiger partial charge < -0.3 is 14.4 Å². The summed E-state index contributed by atoms with van der Waals surface area (Å²) in [5.41, 5.74) is 1.86. The lowest BCUT2D eigenvalue weighted by Gasteiger charge is -2.33. The highest BCUT2D eigenvalue weighted by molar-refractivity contribution is 5.96. The molecule has 1 amide bonds. The number of hydrogen-bond donors (Lipinski definition) is 0. The van der Waals surface area contributed by atoms with Crippen molar-refractivity contribution in [1.29, 1.82) is 0 Å². The number of piperidine rings is 1. The molecule has 1 fully saturated rings. The van der Waals surface area contributed by atoms with Crippen molar-refractivity contribution in [3.05, 3.63) is 53.7 Å². The first kappa shape index (κ1) is 18.2. The molecule has 3 rings (SSSR count). The van der Waals surface area contributed by atoms with Gasteiger partial charge in [-0.15, -0.1) is 0 Å². The average molecular weight is 354 g/mol. The second kappa shape index (κ2) is 8.70. The van der Waals surface area contributed by atoms with E-state index in [0.29, 0.717) is 17.4 Å². The Morgan fingerprint density at radius 1 is 1.19 bits per heavy atom. The van der Waals surface area contributed by atoms with Crippen molar-refractivity contribution >= 4 is 5.91 Å². The first-order valence-electron chi connectivity index (χ1n) is 9.12. The summed E-state index contributed by atoms with van der Waals surface area (Å²) in [6.45, 7) is 1.60. The lowest BCUT2D eigenvalue weighted by atomic mass is 9.91. The zero-order chi connectivity index (χ0) is 18.4. The number of ether oxygens (including phenoxy) is 2. The summed E-state index contributed by atoms with van der Waals surface area (Å²) in [7, 11) is 3.23. The summed E-state index contributed by atoms with van der Waals surface area (Å²) >= 11 is 0. The van der Waals surface area contributed by atoms with E-state index in [9.17, 15) is 4.79 Å². The van der Waals surface area contributed by atoms with Crippen molar-refractivity contribution in [2.75, 3.05) is 27.3 Å². The number of methoxy groups -OCH3 is 2. The third-order valence-electron chi connectivity index (χ3n) is 5.00. The van der Waals surface area contributed by atoms with Crippen LogP contribution in [0.2, 0.25) is 0 Å². The minimum Gasteiger partial charge on any atom is -0.497 e. The van der Waals surface area contributed by atoms with Crippen LogP contribution in [0, 0.1) is 5.92 Å². The van der Waals surface area contributed by atoms with Gasteiger partial charge in [-0.1, -0.05) is 12.1 Å². The van der Waals surface area contributed by atoms with Crippen molar-refractivity contribution in [3.63, 3.8) is 0 Å². The van der Waals surface area contributed by atoms with E-state index in [1.54, 1.807) is 32.5 Å². The zero-order valence-electron chi connectivity index (χ0n) is 15.5. The molecule has 1 aromatic heterocycles. The number of carbonyl (C=O) groups excluding carboxylic acids is 1. The minimum atomic E-state index is 0.0177. The maximum absolute atomic E-state index is 12.9. The van der Waals surface area contributed by atoms with Crippen molar-refractivity contribution in [2.45, 2.75) is 25.7 Å². The number of likely N-dealkylation sites (tertiary alicyclic amines) is 1. The number of hydrogen-bond acceptors (Lipinski definition) is 4. The minimum absolute atomic E-state index is 0.0177. The molecule has 0 saturated carbocycles. The molecule has 0 aliphatic carbocycles. The molecule has 1 aliphatic heterocycles. The summed E-state index contributed by atoms with van der Waals surface area (Å²) in [5.74, 6) is 1.83. The monoisotopic (exact) mass is 354 g/mol. The second-order valence-electron chi connectivity index (χ2n) is 6.71. The van der Waals surface area contributed by atoms with Crippen LogP contribution < -0.4 is 9.47 Å². The molecule has 0 bridgehead atoms. The smallest absolute Gasteiger partial charge is 0.259 e. The number of aromatic nitrogens is 1. The molecule has 0 spiro atoms. The molecular formula is C21H26N2O3. The van der Waals surface area contributed by atoms with Gasteiger partial charge in [-0.2, -0.15) is 0 Å². The Morgan fingerprint density at radius 2 is 2.00 bits per heavy atom. The molecule has 1 saturated heterocycles. The topological polar surface area (TPSA) is 51.7 Å². The molecule has 0 N–H and O–H groups in total. The van der Waals surface area contributed by atoms with Crippen LogP contribution in [-0.2, 0) is 6.42 Å². The van der Waals surface area contributed by atoms with Crippen molar-refractivity contribution in [1.82, 2.24) is 9.88 Å². The number of aryl methyl sites for hydroxylation is 1. The Bertz CT molecular complexity index is 730. The van der Waals surface area contributed by atoms with Gasteiger partial charge in [0, 0.05) is 19.3 Å². The second-order valence-corrected chi connectivity index (χ2v) is 6.71. The van der Waals surface area contributed by atoms with Crippen molar-refractivity contribution in [3.8, 4) is 11.6 Å². The van der Waals surface area contributed by atoms with Crippen LogP contribution in [0.1, 0.15) is 35.2 Å². The summed E-state index contributed by atoms with van der Waals surface area (Å²) in [5, 5.41) is 0. The molecule has 5 heteroatoms. The Labute approximate surface area is 155 Å². The van der Waals surface area contributed by atoms with E-state index < -0.39 is 0 Å².